The van der Waals surface area contributed by atoms with Gasteiger partial charge in [-0.15, -0.1) is 0 Å². The van der Waals surface area contributed by atoms with Crippen LogP contribution in [-0.4, -0.2) is 0 Å². The van der Waals surface area contributed by atoms with Crippen LogP contribution in [0.4, 0.5) is 0 Å². The molecule has 0 aromatic heterocycles. The van der Waals surface area contributed by atoms with E-state index in [1.54, 1.807) is 0 Å². The van der Waals surface area contributed by atoms with E-state index in [0.717, 1.165) is 25.7 Å². The van der Waals surface area contributed by atoms with Crippen LogP contribution in [-0.2, 0) is 25.7 Å². The van der Waals surface area contributed by atoms with Gasteiger partial charge in [-0.25, -0.2) is 0 Å². The molecule has 0 heterocycles. The summed E-state index contributed by atoms with van der Waals surface area (Å²) in [5, 5.41) is 0. The van der Waals surface area contributed by atoms with E-state index in [9.17, 15) is 0 Å². The van der Waals surface area contributed by atoms with Crippen LogP contribution in [0.5, 0.6) is 0 Å². The maximum absolute atomic E-state index is 2.28. The minimum atomic E-state index is 0. The van der Waals surface area contributed by atoms with Gasteiger partial charge < -0.3 is 0 Å². The molecule has 0 bridgehead atoms. The van der Waals surface area contributed by atoms with Crippen molar-refractivity contribution >= 4 is 0 Å². The molecule has 0 saturated heterocycles. The first kappa shape index (κ1) is 22.7. The highest BCUT2D eigenvalue weighted by molar-refractivity contribution is 5.23. The smallest absolute Gasteiger partial charge is 0.0307 e. The SMILES string of the molecule is C.C.CCc1ccc(CC)cc1.CCc1cccc(CC)c1. The molecule has 124 valence electrons. The lowest BCUT2D eigenvalue weighted by molar-refractivity contribution is 1.09. The van der Waals surface area contributed by atoms with Crippen LogP contribution in [0.1, 0.15) is 64.8 Å². The van der Waals surface area contributed by atoms with Crippen LogP contribution < -0.4 is 0 Å². The summed E-state index contributed by atoms with van der Waals surface area (Å²) in [4.78, 5) is 0. The van der Waals surface area contributed by atoms with Gasteiger partial charge in [0.05, 0.1) is 0 Å². The molecule has 22 heavy (non-hydrogen) atoms. The number of hydrogen-bond acceptors (Lipinski definition) is 0. The third-order valence-corrected chi connectivity index (χ3v) is 3.65. The molecule has 0 amide bonds. The maximum atomic E-state index is 2.28. The van der Waals surface area contributed by atoms with Gasteiger partial charge in [0, 0.05) is 0 Å². The first-order valence-electron chi connectivity index (χ1n) is 7.89. The first-order valence-corrected chi connectivity index (χ1v) is 7.89. The van der Waals surface area contributed by atoms with E-state index in [0.29, 0.717) is 0 Å². The van der Waals surface area contributed by atoms with Crippen LogP contribution in [0.25, 0.3) is 0 Å². The molecule has 0 aliphatic rings. The van der Waals surface area contributed by atoms with E-state index in [4.69, 9.17) is 0 Å². The second kappa shape index (κ2) is 13.1. The van der Waals surface area contributed by atoms with Gasteiger partial charge in [0.25, 0.3) is 0 Å². The zero-order valence-corrected chi connectivity index (χ0v) is 13.4. The van der Waals surface area contributed by atoms with Gasteiger partial charge in [0.15, 0.2) is 0 Å². The van der Waals surface area contributed by atoms with Crippen molar-refractivity contribution in [2.75, 3.05) is 0 Å². The fraction of sp³-hybridized carbons (Fsp3) is 0.455. The molecule has 2 aromatic rings. The van der Waals surface area contributed by atoms with E-state index in [1.165, 1.54) is 22.3 Å². The summed E-state index contributed by atoms with van der Waals surface area (Å²) in [5.41, 5.74) is 5.74. The lowest BCUT2D eigenvalue weighted by Gasteiger charge is -1.98. The normalized spacial score (nSPS) is 8.91. The summed E-state index contributed by atoms with van der Waals surface area (Å²) >= 11 is 0. The lowest BCUT2D eigenvalue weighted by atomic mass is 10.1. The number of aryl methyl sites for hydroxylation is 4. The van der Waals surface area contributed by atoms with Crippen molar-refractivity contribution in [1.82, 2.24) is 0 Å². The third-order valence-electron chi connectivity index (χ3n) is 3.65. The monoisotopic (exact) mass is 300 g/mol. The van der Waals surface area contributed by atoms with Crippen LogP contribution in [0, 0.1) is 0 Å². The maximum Gasteiger partial charge on any atom is -0.0307 e. The molecule has 0 atom stereocenters. The summed E-state index contributed by atoms with van der Waals surface area (Å²) in [7, 11) is 0. The van der Waals surface area contributed by atoms with E-state index >= 15 is 0 Å². The van der Waals surface area contributed by atoms with Gasteiger partial charge in [0.1, 0.15) is 0 Å². The Labute approximate surface area is 139 Å². The summed E-state index contributed by atoms with van der Waals surface area (Å²) in [5.74, 6) is 0. The zero-order valence-electron chi connectivity index (χ0n) is 13.4. The molecule has 2 rings (SSSR count). The summed E-state index contributed by atoms with van der Waals surface area (Å²) in [6, 6.07) is 17.6. The Kier molecular flexibility index (Phi) is 13.6. The minimum Gasteiger partial charge on any atom is -0.0776 e. The van der Waals surface area contributed by atoms with Gasteiger partial charge in [-0.2, -0.15) is 0 Å². The van der Waals surface area contributed by atoms with Gasteiger partial charge in [0.2, 0.25) is 0 Å². The molecule has 0 fully saturated rings. The van der Waals surface area contributed by atoms with E-state index in [2.05, 4.69) is 76.2 Å². The second-order valence-electron chi connectivity index (χ2n) is 5.05. The largest absolute Gasteiger partial charge is 0.0776 e. The van der Waals surface area contributed by atoms with Crippen molar-refractivity contribution in [2.24, 2.45) is 0 Å². The molecule has 2 aromatic carbocycles. The zero-order chi connectivity index (χ0) is 14.8. The van der Waals surface area contributed by atoms with Gasteiger partial charge in [-0.05, 0) is 47.9 Å². The van der Waals surface area contributed by atoms with Crippen molar-refractivity contribution in [1.29, 1.82) is 0 Å². The van der Waals surface area contributed by atoms with E-state index < -0.39 is 0 Å². The predicted molar refractivity (Wildman–Crippen MR) is 104 cm³/mol. The molecule has 0 aliphatic heterocycles. The molecule has 0 radical (unpaired) electrons. The standard InChI is InChI=1S/2C10H14.2CH4/c1-3-9-5-7-10(4-2)8-6-9;1-3-9-6-5-7-10(4-2)8-9;;/h2*5-8H,3-4H2,1-2H3;2*1H4. The summed E-state index contributed by atoms with van der Waals surface area (Å²) in [6.45, 7) is 8.74. The van der Waals surface area contributed by atoms with E-state index in [-0.39, 0.29) is 14.9 Å². The Balaban J connectivity index is 0. The Morgan fingerprint density at radius 3 is 1.09 bits per heavy atom. The Morgan fingerprint density at radius 1 is 0.500 bits per heavy atom. The average Bonchev–Trinajstić information content (AvgIpc) is 2.55. The van der Waals surface area contributed by atoms with Crippen molar-refractivity contribution in [2.45, 2.75) is 68.2 Å². The molecular formula is C22H36. The molecule has 0 unspecified atom stereocenters. The highest BCUT2D eigenvalue weighted by Crippen LogP contribution is 2.06. The summed E-state index contributed by atoms with van der Waals surface area (Å²) in [6.07, 6.45) is 4.58. The number of hydrogen-bond donors (Lipinski definition) is 0. The lowest BCUT2D eigenvalue weighted by Crippen LogP contribution is -1.83. The number of benzene rings is 2. The predicted octanol–water partition coefficient (Wildman–Crippen LogP) is 6.90. The van der Waals surface area contributed by atoms with Crippen LogP contribution in [0.15, 0.2) is 48.5 Å². The van der Waals surface area contributed by atoms with Crippen molar-refractivity contribution < 1.29 is 0 Å². The number of rotatable bonds is 4. The Hall–Kier alpha value is -1.56. The van der Waals surface area contributed by atoms with Crippen molar-refractivity contribution in [3.63, 3.8) is 0 Å². The third kappa shape index (κ3) is 8.02. The first-order chi connectivity index (χ1) is 9.73. The van der Waals surface area contributed by atoms with Gasteiger partial charge >= 0.3 is 0 Å². The highest BCUT2D eigenvalue weighted by atomic mass is 14.0. The molecule has 0 nitrogen and oxygen atoms in total. The second-order valence-corrected chi connectivity index (χ2v) is 5.05. The minimum absolute atomic E-state index is 0. The Bertz CT molecular complexity index is 437. The fourth-order valence-electron chi connectivity index (χ4n) is 2.08. The van der Waals surface area contributed by atoms with Crippen molar-refractivity contribution in [3.8, 4) is 0 Å². The van der Waals surface area contributed by atoms with Crippen molar-refractivity contribution in [3.05, 3.63) is 70.8 Å². The Morgan fingerprint density at radius 2 is 0.818 bits per heavy atom. The molecule has 0 heteroatoms. The van der Waals surface area contributed by atoms with Crippen LogP contribution >= 0.6 is 0 Å². The quantitative estimate of drug-likeness (QED) is 0.576. The summed E-state index contributed by atoms with van der Waals surface area (Å²) < 4.78 is 0. The molecule has 0 N–H and O–H groups in total. The average molecular weight is 301 g/mol. The van der Waals surface area contributed by atoms with Crippen LogP contribution in [0.2, 0.25) is 0 Å². The molecular weight excluding hydrogens is 264 g/mol. The van der Waals surface area contributed by atoms with Gasteiger partial charge in [-0.1, -0.05) is 91.1 Å². The topological polar surface area (TPSA) is 0 Å². The molecule has 0 aliphatic carbocycles. The van der Waals surface area contributed by atoms with Gasteiger partial charge in [-0.3, -0.25) is 0 Å². The van der Waals surface area contributed by atoms with Crippen LogP contribution in [0.3, 0.4) is 0 Å². The van der Waals surface area contributed by atoms with E-state index in [1.807, 2.05) is 0 Å². The fourth-order valence-corrected chi connectivity index (χ4v) is 2.08. The molecule has 0 saturated carbocycles. The molecule has 0 spiro atoms. The highest BCUT2D eigenvalue weighted by Gasteiger charge is 1.89.